The molecular weight excluding hydrogens is 178 g/mol. The largest absolute Gasteiger partial charge is 0.478 e. The van der Waals surface area contributed by atoms with E-state index in [9.17, 15) is 0 Å². The molecule has 1 fully saturated rings. The summed E-state index contributed by atoms with van der Waals surface area (Å²) in [4.78, 5) is 8.34. The monoisotopic (exact) mass is 193 g/mol. The molecule has 0 unspecified atom stereocenters. The van der Waals surface area contributed by atoms with Gasteiger partial charge >= 0.3 is 0 Å². The first-order valence-corrected chi connectivity index (χ1v) is 5.08. The highest BCUT2D eigenvalue weighted by Crippen LogP contribution is 2.28. The van der Waals surface area contributed by atoms with Crippen molar-refractivity contribution in [3.63, 3.8) is 0 Å². The Bertz CT molecular complexity index is 299. The lowest BCUT2D eigenvalue weighted by Crippen LogP contribution is -2.07. The van der Waals surface area contributed by atoms with Crippen LogP contribution in [-0.4, -0.2) is 23.1 Å². The van der Waals surface area contributed by atoms with E-state index in [-0.39, 0.29) is 0 Å². The first-order valence-electron chi connectivity index (χ1n) is 5.08. The number of aromatic nitrogens is 2. The Kier molecular flexibility index (Phi) is 2.81. The minimum absolute atomic E-state index is 0.638. The number of hydrogen-bond donors (Lipinski definition) is 1. The molecule has 1 saturated carbocycles. The maximum absolute atomic E-state index is 5.28. The minimum Gasteiger partial charge on any atom is -0.478 e. The molecule has 0 aliphatic heterocycles. The first kappa shape index (κ1) is 9.24. The highest BCUT2D eigenvalue weighted by molar-refractivity contribution is 5.27. The maximum Gasteiger partial charge on any atom is 0.225 e. The van der Waals surface area contributed by atoms with Crippen LogP contribution in [0.5, 0.6) is 5.88 Å². The summed E-state index contributed by atoms with van der Waals surface area (Å²) in [5.74, 6) is 2.14. The summed E-state index contributed by atoms with van der Waals surface area (Å²) < 4.78 is 5.28. The lowest BCUT2D eigenvalue weighted by atomic mass is 10.4. The van der Waals surface area contributed by atoms with Gasteiger partial charge in [0, 0.05) is 18.8 Å². The van der Waals surface area contributed by atoms with Gasteiger partial charge in [-0.15, -0.1) is 0 Å². The van der Waals surface area contributed by atoms with Gasteiger partial charge in [0.2, 0.25) is 11.8 Å². The zero-order chi connectivity index (χ0) is 9.80. The Morgan fingerprint density at radius 2 is 2.43 bits per heavy atom. The minimum atomic E-state index is 0.638. The van der Waals surface area contributed by atoms with Crippen LogP contribution in [0.25, 0.3) is 0 Å². The van der Waals surface area contributed by atoms with Crippen LogP contribution in [0.4, 0.5) is 5.95 Å². The summed E-state index contributed by atoms with van der Waals surface area (Å²) in [6.07, 6.45) is 4.38. The van der Waals surface area contributed by atoms with Gasteiger partial charge in [0.15, 0.2) is 0 Å². The zero-order valence-corrected chi connectivity index (χ0v) is 8.36. The lowest BCUT2D eigenvalue weighted by Gasteiger charge is -2.05. The molecule has 0 aromatic carbocycles. The van der Waals surface area contributed by atoms with E-state index in [1.807, 2.05) is 6.92 Å². The predicted octanol–water partition coefficient (Wildman–Crippen LogP) is 1.70. The average Bonchev–Trinajstić information content (AvgIpc) is 2.99. The van der Waals surface area contributed by atoms with Crippen molar-refractivity contribution in [3.05, 3.63) is 12.3 Å². The van der Waals surface area contributed by atoms with Crippen molar-refractivity contribution >= 4 is 5.95 Å². The fraction of sp³-hybridized carbons (Fsp3) is 0.600. The van der Waals surface area contributed by atoms with Crippen LogP contribution in [0.3, 0.4) is 0 Å². The van der Waals surface area contributed by atoms with Gasteiger partial charge in [-0.2, -0.15) is 4.98 Å². The van der Waals surface area contributed by atoms with E-state index >= 15 is 0 Å². The molecule has 14 heavy (non-hydrogen) atoms. The van der Waals surface area contributed by atoms with Gasteiger partial charge in [-0.05, 0) is 25.7 Å². The van der Waals surface area contributed by atoms with Crippen molar-refractivity contribution in [1.82, 2.24) is 9.97 Å². The summed E-state index contributed by atoms with van der Waals surface area (Å²) in [5, 5.41) is 3.20. The van der Waals surface area contributed by atoms with Crippen LogP contribution in [0.2, 0.25) is 0 Å². The van der Waals surface area contributed by atoms with Crippen LogP contribution in [-0.2, 0) is 0 Å². The van der Waals surface area contributed by atoms with Gasteiger partial charge < -0.3 is 10.1 Å². The number of hydrogen-bond acceptors (Lipinski definition) is 4. The van der Waals surface area contributed by atoms with Crippen LogP contribution >= 0.6 is 0 Å². The molecule has 1 aliphatic carbocycles. The van der Waals surface area contributed by atoms with Crippen molar-refractivity contribution in [2.45, 2.75) is 19.8 Å². The number of anilines is 1. The molecule has 0 amide bonds. The molecule has 0 atom stereocenters. The van der Waals surface area contributed by atoms with Crippen LogP contribution < -0.4 is 10.1 Å². The van der Waals surface area contributed by atoms with Crippen LogP contribution in [0.1, 0.15) is 19.8 Å². The van der Waals surface area contributed by atoms with Crippen molar-refractivity contribution in [1.29, 1.82) is 0 Å². The Morgan fingerprint density at radius 3 is 3.14 bits per heavy atom. The van der Waals surface area contributed by atoms with Gasteiger partial charge in [0.1, 0.15) is 0 Å². The van der Waals surface area contributed by atoms with Crippen LogP contribution in [0.15, 0.2) is 12.3 Å². The second kappa shape index (κ2) is 4.26. The fourth-order valence-electron chi connectivity index (χ4n) is 1.21. The third kappa shape index (κ3) is 2.58. The van der Waals surface area contributed by atoms with Crippen molar-refractivity contribution in [3.8, 4) is 5.88 Å². The first-order chi connectivity index (χ1) is 6.88. The molecule has 4 heteroatoms. The average molecular weight is 193 g/mol. The zero-order valence-electron chi connectivity index (χ0n) is 8.36. The normalized spacial score (nSPS) is 15.2. The van der Waals surface area contributed by atoms with E-state index < -0.39 is 0 Å². The van der Waals surface area contributed by atoms with Gasteiger partial charge in [-0.3, -0.25) is 0 Å². The fourth-order valence-corrected chi connectivity index (χ4v) is 1.21. The summed E-state index contributed by atoms with van der Waals surface area (Å²) in [5.41, 5.74) is 0. The second-order valence-corrected chi connectivity index (χ2v) is 3.48. The SMILES string of the molecule is CCOc1ccnc(NCC2CC2)n1. The summed E-state index contributed by atoms with van der Waals surface area (Å²) >= 11 is 0. The molecule has 0 radical (unpaired) electrons. The van der Waals surface area contributed by atoms with E-state index in [1.165, 1.54) is 12.8 Å². The molecule has 1 N–H and O–H groups in total. The summed E-state index contributed by atoms with van der Waals surface area (Å²) in [7, 11) is 0. The van der Waals surface area contributed by atoms with E-state index in [1.54, 1.807) is 12.3 Å². The second-order valence-electron chi connectivity index (χ2n) is 3.48. The van der Waals surface area contributed by atoms with Gasteiger partial charge in [0.05, 0.1) is 6.61 Å². The molecule has 2 rings (SSSR count). The standard InChI is InChI=1S/C10H15N3O/c1-2-14-9-5-6-11-10(13-9)12-7-8-3-4-8/h5-6,8H,2-4,7H2,1H3,(H,11,12,13). The molecule has 1 aliphatic rings. The van der Waals surface area contributed by atoms with E-state index in [0.29, 0.717) is 18.4 Å². The Labute approximate surface area is 83.7 Å². The molecular formula is C10H15N3O. The molecule has 1 heterocycles. The molecule has 1 aromatic heterocycles. The van der Waals surface area contributed by atoms with Crippen molar-refractivity contribution < 1.29 is 4.74 Å². The predicted molar refractivity (Wildman–Crippen MR) is 54.4 cm³/mol. The number of ether oxygens (including phenoxy) is 1. The van der Waals surface area contributed by atoms with Crippen molar-refractivity contribution in [2.75, 3.05) is 18.5 Å². The number of rotatable bonds is 5. The lowest BCUT2D eigenvalue weighted by molar-refractivity contribution is 0.326. The van der Waals surface area contributed by atoms with E-state index in [0.717, 1.165) is 12.5 Å². The molecule has 0 bridgehead atoms. The number of nitrogens with one attached hydrogen (secondary N) is 1. The maximum atomic E-state index is 5.28. The highest BCUT2D eigenvalue weighted by Gasteiger charge is 2.20. The number of nitrogens with zero attached hydrogens (tertiary/aromatic N) is 2. The summed E-state index contributed by atoms with van der Waals surface area (Å²) in [6, 6.07) is 1.77. The Balaban J connectivity index is 1.90. The van der Waals surface area contributed by atoms with Gasteiger partial charge in [-0.1, -0.05) is 0 Å². The van der Waals surface area contributed by atoms with E-state index in [2.05, 4.69) is 15.3 Å². The molecule has 4 nitrogen and oxygen atoms in total. The molecule has 76 valence electrons. The Hall–Kier alpha value is -1.32. The summed E-state index contributed by atoms with van der Waals surface area (Å²) in [6.45, 7) is 3.56. The topological polar surface area (TPSA) is 47.0 Å². The quantitative estimate of drug-likeness (QED) is 0.773. The molecule has 0 saturated heterocycles. The third-order valence-electron chi connectivity index (χ3n) is 2.17. The van der Waals surface area contributed by atoms with Crippen molar-refractivity contribution in [2.24, 2.45) is 5.92 Å². The highest BCUT2D eigenvalue weighted by atomic mass is 16.5. The molecule has 1 aromatic rings. The molecule has 0 spiro atoms. The van der Waals surface area contributed by atoms with Gasteiger partial charge in [-0.25, -0.2) is 4.98 Å². The van der Waals surface area contributed by atoms with E-state index in [4.69, 9.17) is 4.74 Å². The smallest absolute Gasteiger partial charge is 0.225 e. The third-order valence-corrected chi connectivity index (χ3v) is 2.17. The van der Waals surface area contributed by atoms with Gasteiger partial charge in [0.25, 0.3) is 0 Å². The van der Waals surface area contributed by atoms with Crippen LogP contribution in [0, 0.1) is 5.92 Å². The Morgan fingerprint density at radius 1 is 1.57 bits per heavy atom.